The number of hydrogen-bond donors (Lipinski definition) is 2. The van der Waals surface area contributed by atoms with Gasteiger partial charge in [0.1, 0.15) is 11.4 Å². The summed E-state index contributed by atoms with van der Waals surface area (Å²) in [5.74, 6) is 0.466. The molecule has 0 fully saturated rings. The van der Waals surface area contributed by atoms with Gasteiger partial charge in [-0.3, -0.25) is 4.79 Å². The van der Waals surface area contributed by atoms with Crippen LogP contribution >= 0.6 is 0 Å². The van der Waals surface area contributed by atoms with Crippen molar-refractivity contribution in [2.24, 2.45) is 5.73 Å². The molecule has 0 saturated heterocycles. The van der Waals surface area contributed by atoms with Gasteiger partial charge in [-0.05, 0) is 29.8 Å². The molecule has 0 atom stereocenters. The Morgan fingerprint density at radius 2 is 1.68 bits per heavy atom. The van der Waals surface area contributed by atoms with E-state index in [0.717, 1.165) is 16.7 Å². The van der Waals surface area contributed by atoms with E-state index in [4.69, 9.17) is 10.3 Å². The van der Waals surface area contributed by atoms with Crippen molar-refractivity contribution in [3.05, 3.63) is 60.2 Å². The van der Waals surface area contributed by atoms with Crippen LogP contribution < -0.4 is 5.73 Å². The fourth-order valence-corrected chi connectivity index (χ4v) is 2.17. The fourth-order valence-electron chi connectivity index (χ4n) is 2.17. The highest BCUT2D eigenvalue weighted by Gasteiger charge is 2.09. The van der Waals surface area contributed by atoms with Crippen molar-refractivity contribution >= 4 is 5.91 Å². The van der Waals surface area contributed by atoms with Crippen molar-refractivity contribution in [2.75, 3.05) is 0 Å². The van der Waals surface area contributed by atoms with Crippen LogP contribution in [0.5, 0.6) is 5.75 Å². The van der Waals surface area contributed by atoms with Gasteiger partial charge in [-0.1, -0.05) is 29.4 Å². The van der Waals surface area contributed by atoms with E-state index < -0.39 is 0 Å². The van der Waals surface area contributed by atoms with Gasteiger partial charge >= 0.3 is 0 Å². The Morgan fingerprint density at radius 3 is 2.32 bits per heavy atom. The SMILES string of the molecule is NC(=O)Cc1ccc(-c2cc(-c3ccc(O)cc3)on2)cc1. The monoisotopic (exact) mass is 294 g/mol. The number of rotatable bonds is 4. The number of benzene rings is 2. The summed E-state index contributed by atoms with van der Waals surface area (Å²) in [4.78, 5) is 10.9. The van der Waals surface area contributed by atoms with Crippen molar-refractivity contribution < 1.29 is 14.4 Å². The predicted octanol–water partition coefficient (Wildman–Crippen LogP) is 2.74. The van der Waals surface area contributed by atoms with E-state index in [2.05, 4.69) is 5.16 Å². The van der Waals surface area contributed by atoms with Gasteiger partial charge in [0.2, 0.25) is 5.91 Å². The Kier molecular flexibility index (Phi) is 3.62. The molecule has 2 aromatic carbocycles. The first-order valence-corrected chi connectivity index (χ1v) is 6.75. The van der Waals surface area contributed by atoms with E-state index in [-0.39, 0.29) is 18.1 Å². The van der Waals surface area contributed by atoms with E-state index >= 15 is 0 Å². The lowest BCUT2D eigenvalue weighted by Crippen LogP contribution is -2.13. The Hall–Kier alpha value is -3.08. The highest BCUT2D eigenvalue weighted by Crippen LogP contribution is 2.27. The maximum absolute atomic E-state index is 10.9. The van der Waals surface area contributed by atoms with Crippen LogP contribution in [0.4, 0.5) is 0 Å². The number of nitrogens with zero attached hydrogens (tertiary/aromatic N) is 1. The fraction of sp³-hybridized carbons (Fsp3) is 0.0588. The van der Waals surface area contributed by atoms with Gasteiger partial charge in [0, 0.05) is 17.2 Å². The first kappa shape index (κ1) is 13.9. The summed E-state index contributed by atoms with van der Waals surface area (Å²) in [6.07, 6.45) is 0.220. The third-order valence-electron chi connectivity index (χ3n) is 3.29. The minimum absolute atomic E-state index is 0.202. The van der Waals surface area contributed by atoms with Crippen molar-refractivity contribution in [2.45, 2.75) is 6.42 Å². The van der Waals surface area contributed by atoms with E-state index in [1.54, 1.807) is 24.3 Å². The molecule has 0 unspecified atom stereocenters. The standard InChI is InChI=1S/C17H14N2O3/c18-17(21)9-11-1-3-12(4-2-11)15-10-16(22-19-15)13-5-7-14(20)8-6-13/h1-8,10,20H,9H2,(H2,18,21). The normalized spacial score (nSPS) is 10.5. The Balaban J connectivity index is 1.84. The topological polar surface area (TPSA) is 89.4 Å². The van der Waals surface area contributed by atoms with Crippen molar-refractivity contribution in [1.29, 1.82) is 0 Å². The highest BCUT2D eigenvalue weighted by molar-refractivity contribution is 5.77. The van der Waals surface area contributed by atoms with Crippen LogP contribution in [0, 0.1) is 0 Å². The molecule has 5 nitrogen and oxygen atoms in total. The van der Waals surface area contributed by atoms with Crippen molar-refractivity contribution in [3.8, 4) is 28.3 Å². The molecule has 0 aliphatic rings. The first-order chi connectivity index (χ1) is 10.6. The molecule has 1 amide bonds. The van der Waals surface area contributed by atoms with Gasteiger partial charge < -0.3 is 15.4 Å². The minimum atomic E-state index is -0.358. The Labute approximate surface area is 127 Å². The lowest BCUT2D eigenvalue weighted by atomic mass is 10.1. The maximum atomic E-state index is 10.9. The third kappa shape index (κ3) is 2.98. The molecule has 3 N–H and O–H groups in total. The lowest BCUT2D eigenvalue weighted by molar-refractivity contribution is -0.117. The zero-order valence-electron chi connectivity index (χ0n) is 11.7. The number of hydrogen-bond acceptors (Lipinski definition) is 4. The lowest BCUT2D eigenvalue weighted by Gasteiger charge is -1.99. The summed E-state index contributed by atoms with van der Waals surface area (Å²) in [7, 11) is 0. The minimum Gasteiger partial charge on any atom is -0.508 e. The van der Waals surface area contributed by atoms with Gasteiger partial charge in [-0.15, -0.1) is 0 Å². The van der Waals surface area contributed by atoms with E-state index in [9.17, 15) is 9.90 Å². The summed E-state index contributed by atoms with van der Waals surface area (Å²) < 4.78 is 5.33. The number of aromatic hydroxyl groups is 1. The molecule has 0 radical (unpaired) electrons. The summed E-state index contributed by atoms with van der Waals surface area (Å²) in [5.41, 5.74) is 8.46. The Bertz CT molecular complexity index is 790. The maximum Gasteiger partial charge on any atom is 0.221 e. The molecule has 22 heavy (non-hydrogen) atoms. The van der Waals surface area contributed by atoms with Crippen LogP contribution in [0.2, 0.25) is 0 Å². The smallest absolute Gasteiger partial charge is 0.221 e. The van der Waals surface area contributed by atoms with Crippen LogP contribution in [0.1, 0.15) is 5.56 Å². The molecule has 5 heteroatoms. The van der Waals surface area contributed by atoms with Gasteiger partial charge in [-0.25, -0.2) is 0 Å². The zero-order chi connectivity index (χ0) is 15.5. The molecule has 1 heterocycles. The summed E-state index contributed by atoms with van der Waals surface area (Å²) in [6.45, 7) is 0. The van der Waals surface area contributed by atoms with E-state index in [1.165, 1.54) is 0 Å². The van der Waals surface area contributed by atoms with Crippen molar-refractivity contribution in [3.63, 3.8) is 0 Å². The molecule has 110 valence electrons. The quantitative estimate of drug-likeness (QED) is 0.774. The average Bonchev–Trinajstić information content (AvgIpc) is 2.98. The summed E-state index contributed by atoms with van der Waals surface area (Å²) >= 11 is 0. The molecule has 0 aliphatic carbocycles. The summed E-state index contributed by atoms with van der Waals surface area (Å²) in [6, 6.07) is 16.0. The second-order valence-corrected chi connectivity index (χ2v) is 4.96. The number of aromatic nitrogens is 1. The largest absolute Gasteiger partial charge is 0.508 e. The number of primary amides is 1. The van der Waals surface area contributed by atoms with Gasteiger partial charge in [0.15, 0.2) is 5.76 Å². The predicted molar refractivity (Wildman–Crippen MR) is 81.9 cm³/mol. The van der Waals surface area contributed by atoms with Crippen LogP contribution in [-0.4, -0.2) is 16.2 Å². The number of nitrogens with two attached hydrogens (primary N) is 1. The number of amides is 1. The van der Waals surface area contributed by atoms with Crippen LogP contribution in [0.15, 0.2) is 59.1 Å². The molecule has 3 aromatic rings. The van der Waals surface area contributed by atoms with Gasteiger partial charge in [0.25, 0.3) is 0 Å². The van der Waals surface area contributed by atoms with Gasteiger partial charge in [0.05, 0.1) is 6.42 Å². The number of phenolic OH excluding ortho intramolecular Hbond substituents is 1. The number of carbonyl (C=O) groups is 1. The highest BCUT2D eigenvalue weighted by atomic mass is 16.5. The molecule has 0 aliphatic heterocycles. The van der Waals surface area contributed by atoms with Crippen LogP contribution in [0.25, 0.3) is 22.6 Å². The first-order valence-electron chi connectivity index (χ1n) is 6.75. The van der Waals surface area contributed by atoms with E-state index in [0.29, 0.717) is 11.5 Å². The molecule has 0 bridgehead atoms. The molecule has 1 aromatic heterocycles. The molecular weight excluding hydrogens is 280 g/mol. The van der Waals surface area contributed by atoms with Gasteiger partial charge in [-0.2, -0.15) is 0 Å². The van der Waals surface area contributed by atoms with E-state index in [1.807, 2.05) is 30.3 Å². The third-order valence-corrected chi connectivity index (χ3v) is 3.29. The second kappa shape index (κ2) is 5.73. The molecular formula is C17H14N2O3. The van der Waals surface area contributed by atoms with Crippen molar-refractivity contribution in [1.82, 2.24) is 5.16 Å². The Morgan fingerprint density at radius 1 is 1.05 bits per heavy atom. The summed E-state index contributed by atoms with van der Waals surface area (Å²) in [5, 5.41) is 13.3. The number of phenols is 1. The average molecular weight is 294 g/mol. The number of carbonyl (C=O) groups excluding carboxylic acids is 1. The molecule has 0 spiro atoms. The second-order valence-electron chi connectivity index (χ2n) is 4.96. The zero-order valence-corrected chi connectivity index (χ0v) is 11.7. The molecule has 3 rings (SSSR count). The van der Waals surface area contributed by atoms with Crippen LogP contribution in [-0.2, 0) is 11.2 Å². The van der Waals surface area contributed by atoms with Crippen LogP contribution in [0.3, 0.4) is 0 Å². The molecule has 0 saturated carbocycles.